The standard InChI is InChI=1S/C20H21NO3S/c1-3-12-25-19-7-5-4-6-16(19)20(22)21-14(2)15-8-9-17-18(13-15)24-11-10-23-17/h3-9,13-14H,1,10-12H2,2H3,(H,21,22)/t14-/m1/s1. The topological polar surface area (TPSA) is 47.6 Å². The number of rotatable bonds is 6. The fraction of sp³-hybridized carbons (Fsp3) is 0.250. The number of carbonyl (C=O) groups excluding carboxylic acids is 1. The van der Waals surface area contributed by atoms with Crippen molar-refractivity contribution in [3.05, 3.63) is 66.2 Å². The van der Waals surface area contributed by atoms with E-state index in [2.05, 4.69) is 11.9 Å². The zero-order valence-electron chi connectivity index (χ0n) is 14.2. The molecule has 2 aromatic carbocycles. The molecule has 0 bridgehead atoms. The highest BCUT2D eigenvalue weighted by molar-refractivity contribution is 7.99. The molecule has 0 aliphatic carbocycles. The van der Waals surface area contributed by atoms with E-state index in [1.165, 1.54) is 0 Å². The minimum absolute atomic E-state index is 0.0884. The number of carbonyl (C=O) groups is 1. The van der Waals surface area contributed by atoms with Gasteiger partial charge in [0.05, 0.1) is 11.6 Å². The largest absolute Gasteiger partial charge is 0.486 e. The molecule has 0 fully saturated rings. The van der Waals surface area contributed by atoms with Gasteiger partial charge in [0.1, 0.15) is 13.2 Å². The highest BCUT2D eigenvalue weighted by Gasteiger charge is 2.17. The van der Waals surface area contributed by atoms with Crippen molar-refractivity contribution in [3.63, 3.8) is 0 Å². The van der Waals surface area contributed by atoms with Gasteiger partial charge in [0.25, 0.3) is 5.91 Å². The Morgan fingerprint density at radius 1 is 1.24 bits per heavy atom. The summed E-state index contributed by atoms with van der Waals surface area (Å²) in [5.74, 6) is 2.16. The van der Waals surface area contributed by atoms with Gasteiger partial charge in [-0.25, -0.2) is 0 Å². The molecule has 0 saturated heterocycles. The lowest BCUT2D eigenvalue weighted by molar-refractivity contribution is 0.0936. The van der Waals surface area contributed by atoms with Crippen LogP contribution in [0.3, 0.4) is 0 Å². The van der Waals surface area contributed by atoms with Gasteiger partial charge in [-0.3, -0.25) is 4.79 Å². The molecule has 0 radical (unpaired) electrons. The second-order valence-electron chi connectivity index (χ2n) is 5.69. The van der Waals surface area contributed by atoms with E-state index in [4.69, 9.17) is 9.47 Å². The maximum atomic E-state index is 12.7. The average molecular weight is 355 g/mol. The van der Waals surface area contributed by atoms with Gasteiger partial charge in [-0.1, -0.05) is 24.3 Å². The van der Waals surface area contributed by atoms with Gasteiger partial charge < -0.3 is 14.8 Å². The van der Waals surface area contributed by atoms with Crippen LogP contribution in [0.5, 0.6) is 11.5 Å². The van der Waals surface area contributed by atoms with E-state index in [0.29, 0.717) is 18.8 Å². The first-order chi connectivity index (χ1) is 12.2. The molecule has 0 spiro atoms. The SMILES string of the molecule is C=CCSc1ccccc1C(=O)N[C@H](C)c1ccc2c(c1)OCCO2. The number of nitrogens with one attached hydrogen (secondary N) is 1. The summed E-state index contributed by atoms with van der Waals surface area (Å²) in [5.41, 5.74) is 1.66. The summed E-state index contributed by atoms with van der Waals surface area (Å²) in [4.78, 5) is 13.6. The molecule has 130 valence electrons. The quantitative estimate of drug-likeness (QED) is 0.622. The van der Waals surface area contributed by atoms with Crippen molar-refractivity contribution >= 4 is 17.7 Å². The van der Waals surface area contributed by atoms with Crippen LogP contribution >= 0.6 is 11.8 Å². The summed E-state index contributed by atoms with van der Waals surface area (Å²) < 4.78 is 11.2. The van der Waals surface area contributed by atoms with Crippen LogP contribution < -0.4 is 14.8 Å². The summed E-state index contributed by atoms with van der Waals surface area (Å²) in [7, 11) is 0. The number of ether oxygens (including phenoxy) is 2. The molecule has 1 atom stereocenters. The maximum Gasteiger partial charge on any atom is 0.252 e. The van der Waals surface area contributed by atoms with Crippen molar-refractivity contribution in [2.24, 2.45) is 0 Å². The van der Waals surface area contributed by atoms with Crippen LogP contribution in [0.4, 0.5) is 0 Å². The molecule has 1 aliphatic rings. The predicted molar refractivity (Wildman–Crippen MR) is 101 cm³/mol. The van der Waals surface area contributed by atoms with Crippen molar-refractivity contribution in [2.45, 2.75) is 17.9 Å². The van der Waals surface area contributed by atoms with Crippen LogP contribution in [0.25, 0.3) is 0 Å². The number of fused-ring (bicyclic) bond motifs is 1. The highest BCUT2D eigenvalue weighted by Crippen LogP contribution is 2.32. The van der Waals surface area contributed by atoms with E-state index in [0.717, 1.165) is 27.7 Å². The van der Waals surface area contributed by atoms with Crippen molar-refractivity contribution < 1.29 is 14.3 Å². The Labute approximate surface area is 152 Å². The van der Waals surface area contributed by atoms with Gasteiger partial charge in [0.2, 0.25) is 0 Å². The molecule has 0 unspecified atom stereocenters. The van der Waals surface area contributed by atoms with Crippen LogP contribution in [0.2, 0.25) is 0 Å². The van der Waals surface area contributed by atoms with E-state index in [-0.39, 0.29) is 11.9 Å². The Morgan fingerprint density at radius 3 is 2.80 bits per heavy atom. The molecule has 0 saturated carbocycles. The predicted octanol–water partition coefficient (Wildman–Crippen LogP) is 4.23. The normalized spacial score (nSPS) is 13.8. The molecular weight excluding hydrogens is 334 g/mol. The molecule has 0 aromatic heterocycles. The van der Waals surface area contributed by atoms with Gasteiger partial charge in [-0.05, 0) is 36.8 Å². The Kier molecular flexibility index (Phi) is 5.66. The monoisotopic (exact) mass is 355 g/mol. The molecule has 1 aliphatic heterocycles. The fourth-order valence-corrected chi connectivity index (χ4v) is 3.40. The first-order valence-electron chi connectivity index (χ1n) is 8.22. The zero-order chi connectivity index (χ0) is 17.6. The molecule has 2 aromatic rings. The number of benzene rings is 2. The van der Waals surface area contributed by atoms with Gasteiger partial charge in [-0.2, -0.15) is 0 Å². The third-order valence-electron chi connectivity index (χ3n) is 3.90. The van der Waals surface area contributed by atoms with Crippen LogP contribution in [-0.2, 0) is 0 Å². The van der Waals surface area contributed by atoms with Crippen LogP contribution in [0.1, 0.15) is 28.9 Å². The van der Waals surface area contributed by atoms with E-state index in [9.17, 15) is 4.79 Å². The van der Waals surface area contributed by atoms with Crippen molar-refractivity contribution in [2.75, 3.05) is 19.0 Å². The second-order valence-corrected chi connectivity index (χ2v) is 6.76. The van der Waals surface area contributed by atoms with Gasteiger partial charge in [0.15, 0.2) is 11.5 Å². The van der Waals surface area contributed by atoms with E-state index in [1.54, 1.807) is 11.8 Å². The summed E-state index contributed by atoms with van der Waals surface area (Å²) in [5, 5.41) is 3.06. The Balaban J connectivity index is 1.73. The molecule has 5 heteroatoms. The van der Waals surface area contributed by atoms with Crippen LogP contribution in [-0.4, -0.2) is 24.9 Å². The second kappa shape index (κ2) is 8.12. The summed E-state index contributed by atoms with van der Waals surface area (Å²) >= 11 is 1.60. The Hall–Kier alpha value is -2.40. The maximum absolute atomic E-state index is 12.7. The average Bonchev–Trinajstić information content (AvgIpc) is 2.66. The minimum Gasteiger partial charge on any atom is -0.486 e. The van der Waals surface area contributed by atoms with Crippen molar-refractivity contribution in [1.82, 2.24) is 5.32 Å². The lowest BCUT2D eigenvalue weighted by Gasteiger charge is -2.21. The van der Waals surface area contributed by atoms with Gasteiger partial charge >= 0.3 is 0 Å². The Bertz CT molecular complexity index is 775. The lowest BCUT2D eigenvalue weighted by Crippen LogP contribution is -2.27. The molecule has 1 N–H and O–H groups in total. The number of amides is 1. The third-order valence-corrected chi connectivity index (χ3v) is 4.97. The first-order valence-corrected chi connectivity index (χ1v) is 9.20. The molecule has 1 heterocycles. The molecule has 1 amide bonds. The minimum atomic E-state index is -0.138. The number of hydrogen-bond acceptors (Lipinski definition) is 4. The van der Waals surface area contributed by atoms with Crippen molar-refractivity contribution in [3.8, 4) is 11.5 Å². The van der Waals surface area contributed by atoms with Crippen molar-refractivity contribution in [1.29, 1.82) is 0 Å². The summed E-state index contributed by atoms with van der Waals surface area (Å²) in [6, 6.07) is 13.2. The lowest BCUT2D eigenvalue weighted by atomic mass is 10.1. The van der Waals surface area contributed by atoms with E-state index in [1.807, 2.05) is 55.5 Å². The highest BCUT2D eigenvalue weighted by atomic mass is 32.2. The first kappa shape index (κ1) is 17.4. The fourth-order valence-electron chi connectivity index (χ4n) is 2.62. The van der Waals surface area contributed by atoms with Gasteiger partial charge in [-0.15, -0.1) is 18.3 Å². The number of thioether (sulfide) groups is 1. The molecule has 3 rings (SSSR count). The summed E-state index contributed by atoms with van der Waals surface area (Å²) in [6.07, 6.45) is 1.83. The summed E-state index contributed by atoms with van der Waals surface area (Å²) in [6.45, 7) is 6.81. The smallest absolute Gasteiger partial charge is 0.252 e. The number of hydrogen-bond donors (Lipinski definition) is 1. The van der Waals surface area contributed by atoms with Gasteiger partial charge in [0, 0.05) is 10.6 Å². The molecule has 25 heavy (non-hydrogen) atoms. The van der Waals surface area contributed by atoms with Crippen LogP contribution in [0.15, 0.2) is 60.0 Å². The molecule has 4 nitrogen and oxygen atoms in total. The zero-order valence-corrected chi connectivity index (χ0v) is 15.0. The third kappa shape index (κ3) is 4.17. The molecular formula is C20H21NO3S. The van der Waals surface area contributed by atoms with Crippen LogP contribution in [0, 0.1) is 0 Å². The van der Waals surface area contributed by atoms with E-state index >= 15 is 0 Å². The van der Waals surface area contributed by atoms with E-state index < -0.39 is 0 Å². The Morgan fingerprint density at radius 2 is 2.00 bits per heavy atom.